The third-order valence-corrected chi connectivity index (χ3v) is 2.52. The lowest BCUT2D eigenvalue weighted by atomic mass is 9.98. The van der Waals surface area contributed by atoms with Gasteiger partial charge in [-0.1, -0.05) is 0 Å². The van der Waals surface area contributed by atoms with Crippen LogP contribution in [0.3, 0.4) is 0 Å². The van der Waals surface area contributed by atoms with Crippen molar-refractivity contribution in [2.75, 3.05) is 21.3 Å². The molecule has 7 heteroatoms. The zero-order valence-corrected chi connectivity index (χ0v) is 9.32. The number of esters is 1. The van der Waals surface area contributed by atoms with Gasteiger partial charge in [0.25, 0.3) is 0 Å². The van der Waals surface area contributed by atoms with Crippen LogP contribution in [0.1, 0.15) is 0 Å². The van der Waals surface area contributed by atoms with Crippen molar-refractivity contribution in [3.63, 3.8) is 0 Å². The zero-order chi connectivity index (χ0) is 12.3. The van der Waals surface area contributed by atoms with E-state index in [4.69, 9.17) is 14.2 Å². The van der Waals surface area contributed by atoms with Crippen molar-refractivity contribution in [1.29, 1.82) is 0 Å². The molecular weight excluding hydrogens is 220 g/mol. The standard InChI is InChI=1S/C9H16O7/c1-13-5-4(10)6(8(11)15-3)16-9(12)7(5)14-2/h4-7,9-10,12H,1-3H3/t4-,5+,6?,7?,9-/m1/s1. The van der Waals surface area contributed by atoms with Gasteiger partial charge in [0.2, 0.25) is 0 Å². The van der Waals surface area contributed by atoms with Crippen molar-refractivity contribution in [3.8, 4) is 0 Å². The Labute approximate surface area is 92.9 Å². The Bertz CT molecular complexity index is 244. The Morgan fingerprint density at radius 1 is 1.12 bits per heavy atom. The summed E-state index contributed by atoms with van der Waals surface area (Å²) in [4.78, 5) is 11.3. The van der Waals surface area contributed by atoms with Crippen LogP contribution in [0.15, 0.2) is 0 Å². The molecule has 94 valence electrons. The molecule has 1 saturated heterocycles. The van der Waals surface area contributed by atoms with Gasteiger partial charge in [-0.05, 0) is 0 Å². The van der Waals surface area contributed by atoms with Crippen LogP contribution in [0.2, 0.25) is 0 Å². The predicted molar refractivity (Wildman–Crippen MR) is 50.5 cm³/mol. The van der Waals surface area contributed by atoms with Gasteiger partial charge in [-0.3, -0.25) is 0 Å². The summed E-state index contributed by atoms with van der Waals surface area (Å²) in [6, 6.07) is 0. The molecule has 0 aromatic carbocycles. The van der Waals surface area contributed by atoms with E-state index < -0.39 is 36.7 Å². The number of aliphatic hydroxyl groups is 2. The lowest BCUT2D eigenvalue weighted by Gasteiger charge is -2.40. The Morgan fingerprint density at radius 2 is 1.69 bits per heavy atom. The molecule has 7 nitrogen and oxygen atoms in total. The number of hydrogen-bond acceptors (Lipinski definition) is 7. The highest BCUT2D eigenvalue weighted by Crippen LogP contribution is 2.24. The van der Waals surface area contributed by atoms with E-state index in [9.17, 15) is 15.0 Å². The molecule has 0 saturated carbocycles. The predicted octanol–water partition coefficient (Wildman–Crippen LogP) is -1.73. The van der Waals surface area contributed by atoms with E-state index in [2.05, 4.69) is 4.74 Å². The second-order valence-electron chi connectivity index (χ2n) is 3.36. The molecular formula is C9H16O7. The molecule has 1 heterocycles. The maximum Gasteiger partial charge on any atom is 0.337 e. The van der Waals surface area contributed by atoms with Crippen LogP contribution in [-0.2, 0) is 23.7 Å². The summed E-state index contributed by atoms with van der Waals surface area (Å²) in [5.74, 6) is -0.775. The molecule has 1 aliphatic rings. The molecule has 1 rings (SSSR count). The molecule has 1 aliphatic heterocycles. The summed E-state index contributed by atoms with van der Waals surface area (Å²) in [6.07, 6.45) is -5.62. The second-order valence-corrected chi connectivity index (χ2v) is 3.36. The Hall–Kier alpha value is -0.730. The molecule has 0 aromatic rings. The van der Waals surface area contributed by atoms with Crippen molar-refractivity contribution < 1.29 is 34.0 Å². The average molecular weight is 236 g/mol. The number of carbonyl (C=O) groups excluding carboxylic acids is 1. The van der Waals surface area contributed by atoms with E-state index in [1.54, 1.807) is 0 Å². The van der Waals surface area contributed by atoms with Gasteiger partial charge in [0.05, 0.1) is 7.11 Å². The third-order valence-electron chi connectivity index (χ3n) is 2.52. The lowest BCUT2D eigenvalue weighted by Crippen LogP contribution is -2.61. The number of rotatable bonds is 3. The fourth-order valence-corrected chi connectivity index (χ4v) is 1.67. The lowest BCUT2D eigenvalue weighted by molar-refractivity contribution is -0.289. The fraction of sp³-hybridized carbons (Fsp3) is 0.889. The molecule has 0 bridgehead atoms. The van der Waals surface area contributed by atoms with Gasteiger partial charge in [-0.25, -0.2) is 4.79 Å². The SMILES string of the molecule is COC(=O)C1O[C@@H](O)C(OC)[C@@H](OC)[C@H]1O. The highest BCUT2D eigenvalue weighted by molar-refractivity contribution is 5.75. The van der Waals surface area contributed by atoms with Crippen molar-refractivity contribution in [2.45, 2.75) is 30.7 Å². The van der Waals surface area contributed by atoms with Crippen LogP contribution < -0.4 is 0 Å². The van der Waals surface area contributed by atoms with Crippen molar-refractivity contribution >= 4 is 5.97 Å². The molecule has 0 amide bonds. The second kappa shape index (κ2) is 5.55. The third kappa shape index (κ3) is 2.33. The van der Waals surface area contributed by atoms with Crippen LogP contribution in [0.4, 0.5) is 0 Å². The van der Waals surface area contributed by atoms with Gasteiger partial charge < -0.3 is 29.2 Å². The summed E-state index contributed by atoms with van der Waals surface area (Å²) < 4.78 is 19.3. The number of ether oxygens (including phenoxy) is 4. The van der Waals surface area contributed by atoms with Gasteiger partial charge in [0, 0.05) is 14.2 Å². The van der Waals surface area contributed by atoms with Crippen molar-refractivity contribution in [3.05, 3.63) is 0 Å². The minimum Gasteiger partial charge on any atom is -0.467 e. The summed E-state index contributed by atoms with van der Waals surface area (Å²) in [5.41, 5.74) is 0. The quantitative estimate of drug-likeness (QED) is 0.562. The highest BCUT2D eigenvalue weighted by Gasteiger charge is 2.48. The van der Waals surface area contributed by atoms with Gasteiger partial charge in [0.15, 0.2) is 12.4 Å². The van der Waals surface area contributed by atoms with Crippen LogP contribution in [-0.4, -0.2) is 68.2 Å². The summed E-state index contributed by atoms with van der Waals surface area (Å²) in [7, 11) is 3.84. The first-order chi connectivity index (χ1) is 7.56. The van der Waals surface area contributed by atoms with E-state index >= 15 is 0 Å². The minimum atomic E-state index is -1.36. The topological polar surface area (TPSA) is 94.5 Å². The van der Waals surface area contributed by atoms with E-state index in [-0.39, 0.29) is 0 Å². The summed E-state index contributed by atoms with van der Waals surface area (Å²) in [5, 5.41) is 19.4. The van der Waals surface area contributed by atoms with E-state index in [0.717, 1.165) is 7.11 Å². The van der Waals surface area contributed by atoms with Gasteiger partial charge >= 0.3 is 5.97 Å². The van der Waals surface area contributed by atoms with Gasteiger partial charge in [-0.2, -0.15) is 0 Å². The molecule has 5 atom stereocenters. The van der Waals surface area contributed by atoms with Crippen LogP contribution in [0.25, 0.3) is 0 Å². The minimum absolute atomic E-state index is 0.775. The largest absolute Gasteiger partial charge is 0.467 e. The highest BCUT2D eigenvalue weighted by atomic mass is 16.7. The number of methoxy groups -OCH3 is 3. The first kappa shape index (κ1) is 13.3. The number of aliphatic hydroxyl groups excluding tert-OH is 2. The Morgan fingerprint density at radius 3 is 2.12 bits per heavy atom. The summed E-state index contributed by atoms with van der Waals surface area (Å²) >= 11 is 0. The summed E-state index contributed by atoms with van der Waals surface area (Å²) in [6.45, 7) is 0. The Kier molecular flexibility index (Phi) is 4.63. The molecule has 0 radical (unpaired) electrons. The van der Waals surface area contributed by atoms with E-state index in [0.29, 0.717) is 0 Å². The monoisotopic (exact) mass is 236 g/mol. The van der Waals surface area contributed by atoms with Crippen LogP contribution >= 0.6 is 0 Å². The average Bonchev–Trinajstić information content (AvgIpc) is 2.29. The van der Waals surface area contributed by atoms with Crippen molar-refractivity contribution in [1.82, 2.24) is 0 Å². The molecule has 0 spiro atoms. The number of carbonyl (C=O) groups is 1. The van der Waals surface area contributed by atoms with Gasteiger partial charge in [-0.15, -0.1) is 0 Å². The van der Waals surface area contributed by atoms with Crippen LogP contribution in [0, 0.1) is 0 Å². The Balaban J connectivity index is 2.84. The van der Waals surface area contributed by atoms with E-state index in [1.165, 1.54) is 14.2 Å². The maximum atomic E-state index is 11.3. The molecule has 0 aliphatic carbocycles. The normalized spacial score (nSPS) is 39.4. The first-order valence-corrected chi connectivity index (χ1v) is 4.71. The van der Waals surface area contributed by atoms with Crippen molar-refractivity contribution in [2.24, 2.45) is 0 Å². The zero-order valence-electron chi connectivity index (χ0n) is 9.32. The van der Waals surface area contributed by atoms with E-state index in [1.807, 2.05) is 0 Å². The molecule has 16 heavy (non-hydrogen) atoms. The molecule has 0 aromatic heterocycles. The number of hydrogen-bond donors (Lipinski definition) is 2. The molecule has 1 fully saturated rings. The van der Waals surface area contributed by atoms with Crippen LogP contribution in [0.5, 0.6) is 0 Å². The first-order valence-electron chi connectivity index (χ1n) is 4.71. The maximum absolute atomic E-state index is 11.3. The van der Waals surface area contributed by atoms with Gasteiger partial charge in [0.1, 0.15) is 18.3 Å². The fourth-order valence-electron chi connectivity index (χ4n) is 1.67. The molecule has 2 unspecified atom stereocenters. The smallest absolute Gasteiger partial charge is 0.337 e. The molecule has 2 N–H and O–H groups in total.